The Kier molecular flexibility index (Phi) is 5.90. The molecule has 0 fully saturated rings. The molecule has 1 N–H and O–H groups in total. The number of halogens is 1. The minimum Gasteiger partial charge on any atom is -0.496 e. The lowest BCUT2D eigenvalue weighted by Crippen LogP contribution is -2.34. The third-order valence-corrected chi connectivity index (χ3v) is 3.64. The second kappa shape index (κ2) is 7.90. The van der Waals surface area contributed by atoms with Crippen LogP contribution in [-0.2, 0) is 17.6 Å². The lowest BCUT2D eigenvalue weighted by atomic mass is 10.1. The first-order chi connectivity index (χ1) is 10.6. The van der Waals surface area contributed by atoms with E-state index in [1.165, 1.54) is 0 Å². The van der Waals surface area contributed by atoms with Crippen molar-refractivity contribution in [1.82, 2.24) is 5.32 Å². The number of furan rings is 1. The molecule has 2 rings (SSSR count). The van der Waals surface area contributed by atoms with E-state index in [-0.39, 0.29) is 18.4 Å². The van der Waals surface area contributed by atoms with Gasteiger partial charge in [0.15, 0.2) is 0 Å². The molecule has 0 saturated carbocycles. The van der Waals surface area contributed by atoms with E-state index in [4.69, 9.17) is 20.8 Å². The molecule has 5 heteroatoms. The second-order valence-corrected chi connectivity index (χ2v) is 5.66. The lowest BCUT2D eigenvalue weighted by Gasteiger charge is -2.14. The molecule has 0 spiro atoms. The van der Waals surface area contributed by atoms with Gasteiger partial charge in [0, 0.05) is 23.0 Å². The summed E-state index contributed by atoms with van der Waals surface area (Å²) < 4.78 is 10.5. The van der Waals surface area contributed by atoms with Gasteiger partial charge in [0.2, 0.25) is 5.91 Å². The number of benzene rings is 1. The molecule has 0 aliphatic rings. The van der Waals surface area contributed by atoms with Crippen LogP contribution in [0.15, 0.2) is 41.0 Å². The Labute approximate surface area is 135 Å². The van der Waals surface area contributed by atoms with E-state index in [2.05, 4.69) is 5.32 Å². The van der Waals surface area contributed by atoms with Crippen molar-refractivity contribution in [3.8, 4) is 5.75 Å². The number of hydrogen-bond acceptors (Lipinski definition) is 3. The molecule has 0 saturated heterocycles. The summed E-state index contributed by atoms with van der Waals surface area (Å²) in [5, 5.41) is 3.57. The summed E-state index contributed by atoms with van der Waals surface area (Å²) in [5.41, 5.74) is 0.783. The normalized spacial score (nSPS) is 12.0. The van der Waals surface area contributed by atoms with Crippen molar-refractivity contribution in [2.75, 3.05) is 7.11 Å². The Hall–Kier alpha value is -1.94. The summed E-state index contributed by atoms with van der Waals surface area (Å²) in [6.45, 7) is 1.98. The fraction of sp³-hybridized carbons (Fsp3) is 0.353. The van der Waals surface area contributed by atoms with Crippen LogP contribution in [0.1, 0.15) is 24.7 Å². The van der Waals surface area contributed by atoms with Crippen LogP contribution in [0.4, 0.5) is 0 Å². The van der Waals surface area contributed by atoms with Gasteiger partial charge in [0.25, 0.3) is 0 Å². The first-order valence-corrected chi connectivity index (χ1v) is 7.60. The van der Waals surface area contributed by atoms with Crippen molar-refractivity contribution in [1.29, 1.82) is 0 Å². The van der Waals surface area contributed by atoms with Gasteiger partial charge in [-0.1, -0.05) is 11.6 Å². The topological polar surface area (TPSA) is 51.5 Å². The maximum Gasteiger partial charge on any atom is 0.224 e. The van der Waals surface area contributed by atoms with Gasteiger partial charge in [-0.25, -0.2) is 0 Å². The fourth-order valence-electron chi connectivity index (χ4n) is 2.27. The highest BCUT2D eigenvalue weighted by molar-refractivity contribution is 6.30. The Morgan fingerprint density at radius 1 is 1.41 bits per heavy atom. The Bertz CT molecular complexity index is 610. The highest BCUT2D eigenvalue weighted by Crippen LogP contribution is 2.23. The Morgan fingerprint density at radius 3 is 2.91 bits per heavy atom. The zero-order chi connectivity index (χ0) is 15.9. The number of hydrogen-bond donors (Lipinski definition) is 1. The number of rotatable bonds is 7. The van der Waals surface area contributed by atoms with Crippen LogP contribution in [0.3, 0.4) is 0 Å². The number of nitrogens with one attached hydrogen (secondary N) is 1. The average Bonchev–Trinajstić information content (AvgIpc) is 2.98. The first kappa shape index (κ1) is 16.4. The van der Waals surface area contributed by atoms with E-state index in [9.17, 15) is 4.79 Å². The van der Waals surface area contributed by atoms with Crippen LogP contribution in [-0.4, -0.2) is 19.1 Å². The predicted octanol–water partition coefficient (Wildman–Crippen LogP) is 3.62. The summed E-state index contributed by atoms with van der Waals surface area (Å²) in [5.74, 6) is 1.55. The summed E-state index contributed by atoms with van der Waals surface area (Å²) in [6.07, 6.45) is 3.53. The highest BCUT2D eigenvalue weighted by atomic mass is 35.5. The van der Waals surface area contributed by atoms with Crippen LogP contribution >= 0.6 is 11.6 Å². The quantitative estimate of drug-likeness (QED) is 0.847. The van der Waals surface area contributed by atoms with Crippen molar-refractivity contribution < 1.29 is 13.9 Å². The van der Waals surface area contributed by atoms with Crippen molar-refractivity contribution in [3.63, 3.8) is 0 Å². The molecular formula is C17H20ClNO3. The minimum absolute atomic E-state index is 0.0486. The van der Waals surface area contributed by atoms with E-state index < -0.39 is 0 Å². The first-order valence-electron chi connectivity index (χ1n) is 7.22. The minimum atomic E-state index is -0.0486. The van der Waals surface area contributed by atoms with Crippen LogP contribution in [0.5, 0.6) is 5.75 Å². The number of aryl methyl sites for hydroxylation is 1. The molecule has 1 amide bonds. The molecule has 0 aliphatic heterocycles. The number of ether oxygens (including phenoxy) is 1. The monoisotopic (exact) mass is 321 g/mol. The molecule has 2 aromatic rings. The molecule has 118 valence electrons. The van der Waals surface area contributed by atoms with Crippen molar-refractivity contribution in [2.45, 2.75) is 32.2 Å². The van der Waals surface area contributed by atoms with Gasteiger partial charge in [-0.05, 0) is 43.7 Å². The lowest BCUT2D eigenvalue weighted by molar-refractivity contribution is -0.121. The molecule has 1 aromatic carbocycles. The number of methoxy groups -OCH3 is 1. The van der Waals surface area contributed by atoms with E-state index in [0.717, 1.165) is 24.2 Å². The van der Waals surface area contributed by atoms with Crippen LogP contribution in [0, 0.1) is 0 Å². The van der Waals surface area contributed by atoms with Crippen molar-refractivity contribution >= 4 is 17.5 Å². The second-order valence-electron chi connectivity index (χ2n) is 5.22. The van der Waals surface area contributed by atoms with Crippen LogP contribution in [0.25, 0.3) is 0 Å². The van der Waals surface area contributed by atoms with E-state index >= 15 is 0 Å². The van der Waals surface area contributed by atoms with Gasteiger partial charge in [-0.2, -0.15) is 0 Å². The zero-order valence-corrected chi connectivity index (χ0v) is 13.5. The number of carbonyl (C=O) groups is 1. The summed E-state index contributed by atoms with van der Waals surface area (Å²) in [7, 11) is 1.58. The predicted molar refractivity (Wildman–Crippen MR) is 86.3 cm³/mol. The third-order valence-electron chi connectivity index (χ3n) is 3.40. The zero-order valence-electron chi connectivity index (χ0n) is 12.8. The maximum atomic E-state index is 12.1. The standard InChI is InChI=1S/C17H20ClNO3/c1-12(5-7-15-4-3-9-22-15)19-17(20)11-13-10-14(18)6-8-16(13)21-2/h3-4,6,8-10,12H,5,7,11H2,1-2H3,(H,19,20). The molecule has 1 unspecified atom stereocenters. The van der Waals surface area contributed by atoms with Gasteiger partial charge in [-0.15, -0.1) is 0 Å². The molecule has 0 aliphatic carbocycles. The molecule has 0 radical (unpaired) electrons. The largest absolute Gasteiger partial charge is 0.496 e. The van der Waals surface area contributed by atoms with Gasteiger partial charge in [0.1, 0.15) is 11.5 Å². The third kappa shape index (κ3) is 4.81. The molecule has 22 heavy (non-hydrogen) atoms. The number of amides is 1. The van der Waals surface area contributed by atoms with Crippen LogP contribution < -0.4 is 10.1 Å². The molecule has 1 aromatic heterocycles. The maximum absolute atomic E-state index is 12.1. The molecule has 1 atom stereocenters. The van der Waals surface area contributed by atoms with Crippen molar-refractivity contribution in [2.24, 2.45) is 0 Å². The SMILES string of the molecule is COc1ccc(Cl)cc1CC(=O)NC(C)CCc1ccco1. The van der Waals surface area contributed by atoms with E-state index in [1.54, 1.807) is 31.6 Å². The summed E-state index contributed by atoms with van der Waals surface area (Å²) in [6, 6.07) is 9.14. The van der Waals surface area contributed by atoms with Gasteiger partial charge in [0.05, 0.1) is 19.8 Å². The highest BCUT2D eigenvalue weighted by Gasteiger charge is 2.12. The summed E-state index contributed by atoms with van der Waals surface area (Å²) in [4.78, 5) is 12.1. The Morgan fingerprint density at radius 2 is 2.23 bits per heavy atom. The average molecular weight is 322 g/mol. The fourth-order valence-corrected chi connectivity index (χ4v) is 2.46. The van der Waals surface area contributed by atoms with E-state index in [1.807, 2.05) is 19.1 Å². The molecule has 1 heterocycles. The molecular weight excluding hydrogens is 302 g/mol. The van der Waals surface area contributed by atoms with Gasteiger partial charge >= 0.3 is 0 Å². The Balaban J connectivity index is 1.85. The molecule has 4 nitrogen and oxygen atoms in total. The van der Waals surface area contributed by atoms with E-state index in [0.29, 0.717) is 10.8 Å². The van der Waals surface area contributed by atoms with Crippen LogP contribution in [0.2, 0.25) is 5.02 Å². The molecule has 0 bridgehead atoms. The number of carbonyl (C=O) groups excluding carboxylic acids is 1. The van der Waals surface area contributed by atoms with Gasteiger partial charge < -0.3 is 14.5 Å². The summed E-state index contributed by atoms with van der Waals surface area (Å²) >= 11 is 5.97. The smallest absolute Gasteiger partial charge is 0.224 e. The van der Waals surface area contributed by atoms with Gasteiger partial charge in [-0.3, -0.25) is 4.79 Å². The van der Waals surface area contributed by atoms with Crippen molar-refractivity contribution in [3.05, 3.63) is 52.9 Å².